The third kappa shape index (κ3) is 4.75. The van der Waals surface area contributed by atoms with Gasteiger partial charge in [0.1, 0.15) is 0 Å². The van der Waals surface area contributed by atoms with Crippen LogP contribution in [-0.4, -0.2) is 0 Å². The van der Waals surface area contributed by atoms with Crippen molar-refractivity contribution in [3.63, 3.8) is 0 Å². The Hall–Kier alpha value is -2.60. The molecule has 0 nitrogen and oxygen atoms in total. The Morgan fingerprint density at radius 1 is 0.700 bits per heavy atom. The molecule has 0 heterocycles. The summed E-state index contributed by atoms with van der Waals surface area (Å²) in [5.41, 5.74) is 5.89. The van der Waals surface area contributed by atoms with Gasteiger partial charge in [0, 0.05) is 0 Å². The van der Waals surface area contributed by atoms with Gasteiger partial charge < -0.3 is 0 Å². The third-order valence-electron chi connectivity index (χ3n) is 7.06. The summed E-state index contributed by atoms with van der Waals surface area (Å²) in [6, 6.07) is 33.2. The van der Waals surface area contributed by atoms with Gasteiger partial charge in [0.2, 0.25) is 0 Å². The normalized spacial score (nSPS) is 15.9. The van der Waals surface area contributed by atoms with Crippen molar-refractivity contribution in [3.05, 3.63) is 114 Å². The van der Waals surface area contributed by atoms with Gasteiger partial charge in [0.25, 0.3) is 0 Å². The third-order valence-corrected chi connectivity index (χ3v) is 7.06. The lowest BCUT2D eigenvalue weighted by Gasteiger charge is -2.43. The van der Waals surface area contributed by atoms with Crippen LogP contribution in [0.1, 0.15) is 70.1 Å². The van der Waals surface area contributed by atoms with Crippen LogP contribution in [0.3, 0.4) is 0 Å². The van der Waals surface area contributed by atoms with E-state index in [0.29, 0.717) is 0 Å². The van der Waals surface area contributed by atoms with Crippen molar-refractivity contribution in [2.45, 2.75) is 64.2 Å². The van der Waals surface area contributed by atoms with Gasteiger partial charge in [-0.25, -0.2) is 0 Å². The van der Waals surface area contributed by atoms with Gasteiger partial charge in [-0.2, -0.15) is 0 Å². The molecule has 3 rings (SSSR count). The van der Waals surface area contributed by atoms with Gasteiger partial charge in [-0.1, -0.05) is 118 Å². The van der Waals surface area contributed by atoms with E-state index >= 15 is 0 Å². The minimum Gasteiger partial charge on any atom is -0.0838 e. The smallest absolute Gasteiger partial charge is 0.0000812 e. The molecule has 0 aliphatic heterocycles. The van der Waals surface area contributed by atoms with E-state index in [2.05, 4.69) is 125 Å². The molecule has 2 atom stereocenters. The van der Waals surface area contributed by atoms with Gasteiger partial charge >= 0.3 is 0 Å². The maximum atomic E-state index is 2.45. The second kappa shape index (κ2) is 9.94. The predicted octanol–water partition coefficient (Wildman–Crippen LogP) is 8.59. The summed E-state index contributed by atoms with van der Waals surface area (Å²) in [5, 5.41) is 0. The van der Waals surface area contributed by atoms with Crippen molar-refractivity contribution < 1.29 is 0 Å². The first-order chi connectivity index (χ1) is 14.6. The summed E-state index contributed by atoms with van der Waals surface area (Å²) in [4.78, 5) is 0. The minimum atomic E-state index is 0.0829. The fraction of sp³-hybridized carbons (Fsp3) is 0.333. The fourth-order valence-corrected chi connectivity index (χ4v) is 4.92. The molecule has 2 unspecified atom stereocenters. The van der Waals surface area contributed by atoms with Gasteiger partial charge in [-0.15, -0.1) is 0 Å². The van der Waals surface area contributed by atoms with E-state index in [-0.39, 0.29) is 10.8 Å². The van der Waals surface area contributed by atoms with Gasteiger partial charge in [-0.05, 0) is 65.7 Å². The number of benzene rings is 3. The highest BCUT2D eigenvalue weighted by atomic mass is 14.4. The molecule has 0 saturated carbocycles. The van der Waals surface area contributed by atoms with E-state index in [4.69, 9.17) is 0 Å². The summed E-state index contributed by atoms with van der Waals surface area (Å²) < 4.78 is 0. The Labute approximate surface area is 183 Å². The molecule has 0 radical (unpaired) electrons. The first-order valence-electron chi connectivity index (χ1n) is 11.4. The van der Waals surface area contributed by atoms with Crippen LogP contribution in [0.4, 0.5) is 0 Å². The number of allylic oxidation sites excluding steroid dienone is 2. The van der Waals surface area contributed by atoms with Crippen LogP contribution < -0.4 is 0 Å². The molecular weight excluding hydrogens is 360 g/mol. The molecule has 0 spiro atoms. The first-order valence-corrected chi connectivity index (χ1v) is 11.4. The second-order valence-corrected chi connectivity index (χ2v) is 8.81. The van der Waals surface area contributed by atoms with E-state index in [9.17, 15) is 0 Å². The minimum absolute atomic E-state index is 0.0829. The van der Waals surface area contributed by atoms with Gasteiger partial charge in [0.05, 0.1) is 0 Å². The fourth-order valence-electron chi connectivity index (χ4n) is 4.92. The zero-order chi connectivity index (χ0) is 21.5. The molecule has 30 heavy (non-hydrogen) atoms. The van der Waals surface area contributed by atoms with Crippen LogP contribution in [0, 0.1) is 0 Å². The second-order valence-electron chi connectivity index (χ2n) is 8.81. The average Bonchev–Trinajstić information content (AvgIpc) is 2.83. The zero-order valence-electron chi connectivity index (χ0n) is 19.1. The molecule has 0 aliphatic carbocycles. The molecular formula is C30H36. The highest BCUT2D eigenvalue weighted by molar-refractivity contribution is 5.66. The average molecular weight is 397 g/mol. The number of hydrogen-bond donors (Lipinski definition) is 0. The van der Waals surface area contributed by atoms with Crippen LogP contribution in [0.15, 0.2) is 97.1 Å². The maximum absolute atomic E-state index is 2.45. The Balaban J connectivity index is 2.08. The summed E-state index contributed by atoms with van der Waals surface area (Å²) in [6.07, 6.45) is 6.74. The topological polar surface area (TPSA) is 0 Å². The monoisotopic (exact) mass is 396 g/mol. The van der Waals surface area contributed by atoms with Crippen LogP contribution >= 0.6 is 0 Å². The zero-order valence-corrected chi connectivity index (χ0v) is 19.1. The van der Waals surface area contributed by atoms with Crippen LogP contribution in [0.25, 0.3) is 5.57 Å². The maximum Gasteiger partial charge on any atom is -0.0000812 e. The standard InChI is InChI=1S/C30H36/c1-5-25(26-17-11-8-12-18-26)23-30(7-3,28-21-15-10-16-22-28)24-29(4,6-2)27-19-13-9-14-20-27/h5,8-22H,6-7,23-24H2,1-4H3. The lowest BCUT2D eigenvalue weighted by Crippen LogP contribution is -2.36. The van der Waals surface area contributed by atoms with Crippen molar-refractivity contribution in [3.8, 4) is 0 Å². The van der Waals surface area contributed by atoms with E-state index in [1.165, 1.54) is 22.3 Å². The molecule has 0 aliphatic rings. The van der Waals surface area contributed by atoms with E-state index in [0.717, 1.165) is 25.7 Å². The molecule has 3 aromatic rings. The summed E-state index contributed by atoms with van der Waals surface area (Å²) in [5.74, 6) is 0. The lowest BCUT2D eigenvalue weighted by molar-refractivity contribution is 0.275. The highest BCUT2D eigenvalue weighted by Gasteiger charge is 2.39. The predicted molar refractivity (Wildman–Crippen MR) is 132 cm³/mol. The summed E-state index contributed by atoms with van der Waals surface area (Å²) >= 11 is 0. The van der Waals surface area contributed by atoms with Crippen molar-refractivity contribution in [1.29, 1.82) is 0 Å². The van der Waals surface area contributed by atoms with Crippen molar-refractivity contribution in [2.75, 3.05) is 0 Å². The van der Waals surface area contributed by atoms with Gasteiger partial charge in [0.15, 0.2) is 0 Å². The molecule has 156 valence electrons. The molecule has 0 bridgehead atoms. The molecule has 0 amide bonds. The highest BCUT2D eigenvalue weighted by Crippen LogP contribution is 2.48. The van der Waals surface area contributed by atoms with Crippen molar-refractivity contribution in [1.82, 2.24) is 0 Å². The van der Waals surface area contributed by atoms with Crippen LogP contribution in [0.2, 0.25) is 0 Å². The first kappa shape index (κ1) is 22.1. The van der Waals surface area contributed by atoms with Crippen LogP contribution in [-0.2, 0) is 10.8 Å². The molecule has 3 aromatic carbocycles. The largest absolute Gasteiger partial charge is 0.0838 e. The Morgan fingerprint density at radius 2 is 1.20 bits per heavy atom. The summed E-state index contributed by atoms with van der Waals surface area (Å²) in [7, 11) is 0. The molecule has 0 heteroatoms. The van der Waals surface area contributed by atoms with Crippen molar-refractivity contribution in [2.24, 2.45) is 0 Å². The van der Waals surface area contributed by atoms with E-state index in [1.807, 2.05) is 0 Å². The van der Waals surface area contributed by atoms with E-state index < -0.39 is 0 Å². The summed E-state index contributed by atoms with van der Waals surface area (Å²) in [6.45, 7) is 9.34. The Bertz CT molecular complexity index is 924. The van der Waals surface area contributed by atoms with E-state index in [1.54, 1.807) is 0 Å². The molecule has 0 aromatic heterocycles. The number of rotatable bonds is 9. The van der Waals surface area contributed by atoms with Gasteiger partial charge in [-0.3, -0.25) is 0 Å². The Kier molecular flexibility index (Phi) is 7.32. The van der Waals surface area contributed by atoms with Crippen molar-refractivity contribution >= 4 is 5.57 Å². The molecule has 0 saturated heterocycles. The SMILES string of the molecule is CC=C(CC(CC)(CC(C)(CC)c1ccccc1)c1ccccc1)c1ccccc1. The molecule has 0 fully saturated rings. The lowest BCUT2D eigenvalue weighted by atomic mass is 9.61. The Morgan fingerprint density at radius 3 is 1.67 bits per heavy atom. The molecule has 0 N–H and O–H groups in total. The quantitative estimate of drug-likeness (QED) is 0.340. The number of hydrogen-bond acceptors (Lipinski definition) is 0. The van der Waals surface area contributed by atoms with Crippen LogP contribution in [0.5, 0.6) is 0 Å².